The van der Waals surface area contributed by atoms with Crippen LogP contribution in [0.2, 0.25) is 0 Å². The Balaban J connectivity index is 1.79. The van der Waals surface area contributed by atoms with E-state index in [2.05, 4.69) is 5.32 Å². The zero-order valence-electron chi connectivity index (χ0n) is 13.0. The van der Waals surface area contributed by atoms with E-state index in [0.717, 1.165) is 6.42 Å². The van der Waals surface area contributed by atoms with Gasteiger partial charge in [0.05, 0.1) is 12.6 Å². The van der Waals surface area contributed by atoms with Crippen LogP contribution in [0.15, 0.2) is 24.3 Å². The van der Waals surface area contributed by atoms with Gasteiger partial charge in [0.1, 0.15) is 18.2 Å². The average molecular weight is 310 g/mol. The van der Waals surface area contributed by atoms with Crippen LogP contribution in [0, 0.1) is 5.82 Å². The molecular formula is C16H23FN2O3. The van der Waals surface area contributed by atoms with Gasteiger partial charge < -0.3 is 19.7 Å². The summed E-state index contributed by atoms with van der Waals surface area (Å²) in [5.41, 5.74) is 0. The minimum Gasteiger partial charge on any atom is -0.491 e. The van der Waals surface area contributed by atoms with Crippen molar-refractivity contribution in [1.82, 2.24) is 10.2 Å². The Morgan fingerprint density at radius 1 is 1.45 bits per heavy atom. The summed E-state index contributed by atoms with van der Waals surface area (Å²) < 4.78 is 23.7. The maximum Gasteiger partial charge on any atom is 0.318 e. The van der Waals surface area contributed by atoms with Crippen molar-refractivity contribution in [2.24, 2.45) is 0 Å². The molecule has 1 aliphatic rings. The Kier molecular flexibility index (Phi) is 6.00. The highest BCUT2D eigenvalue weighted by Gasteiger charge is 2.23. The molecule has 0 aliphatic carbocycles. The van der Waals surface area contributed by atoms with Crippen LogP contribution < -0.4 is 10.1 Å². The van der Waals surface area contributed by atoms with Gasteiger partial charge in [0.15, 0.2) is 0 Å². The minimum absolute atomic E-state index is 0.104. The van der Waals surface area contributed by atoms with Crippen molar-refractivity contribution in [1.29, 1.82) is 0 Å². The van der Waals surface area contributed by atoms with E-state index in [1.165, 1.54) is 12.1 Å². The summed E-state index contributed by atoms with van der Waals surface area (Å²) in [6.45, 7) is 6.08. The molecule has 122 valence electrons. The first-order valence-corrected chi connectivity index (χ1v) is 7.59. The molecule has 5 nitrogen and oxygen atoms in total. The standard InChI is InChI=1S/C16H23FN2O3/c1-12(11-22-15-5-3-14(17)4-6-15)18-16(20)19-8-10-21-9-7-13(19)2/h3-6,12-13H,7-11H2,1-2H3,(H,18,20)/t12-,13+/m0/s1. The summed E-state index contributed by atoms with van der Waals surface area (Å²) in [6.07, 6.45) is 0.841. The lowest BCUT2D eigenvalue weighted by Crippen LogP contribution is -2.49. The van der Waals surface area contributed by atoms with Crippen molar-refractivity contribution in [2.75, 3.05) is 26.4 Å². The van der Waals surface area contributed by atoms with E-state index in [1.807, 2.05) is 13.8 Å². The molecule has 0 unspecified atom stereocenters. The molecule has 0 bridgehead atoms. The molecule has 1 saturated heterocycles. The molecule has 2 atom stereocenters. The van der Waals surface area contributed by atoms with Crippen molar-refractivity contribution >= 4 is 6.03 Å². The zero-order chi connectivity index (χ0) is 15.9. The van der Waals surface area contributed by atoms with E-state index in [-0.39, 0.29) is 23.9 Å². The Morgan fingerprint density at radius 2 is 2.18 bits per heavy atom. The van der Waals surface area contributed by atoms with Gasteiger partial charge in [0.2, 0.25) is 0 Å². The Hall–Kier alpha value is -1.82. The van der Waals surface area contributed by atoms with Gasteiger partial charge in [-0.05, 0) is 44.5 Å². The van der Waals surface area contributed by atoms with E-state index in [0.29, 0.717) is 32.1 Å². The fourth-order valence-electron chi connectivity index (χ4n) is 2.28. The quantitative estimate of drug-likeness (QED) is 0.929. The first-order valence-electron chi connectivity index (χ1n) is 7.59. The molecule has 1 aromatic rings. The normalized spacial score (nSPS) is 20.1. The smallest absolute Gasteiger partial charge is 0.318 e. The molecule has 1 fully saturated rings. The molecule has 0 radical (unpaired) electrons. The predicted molar refractivity (Wildman–Crippen MR) is 81.5 cm³/mol. The number of rotatable bonds is 4. The van der Waals surface area contributed by atoms with Gasteiger partial charge in [0, 0.05) is 19.2 Å². The first kappa shape index (κ1) is 16.5. The fraction of sp³-hybridized carbons (Fsp3) is 0.562. The minimum atomic E-state index is -0.300. The second kappa shape index (κ2) is 7.98. The maximum atomic E-state index is 12.8. The molecule has 22 heavy (non-hydrogen) atoms. The van der Waals surface area contributed by atoms with E-state index in [1.54, 1.807) is 17.0 Å². The van der Waals surface area contributed by atoms with E-state index in [4.69, 9.17) is 9.47 Å². The van der Waals surface area contributed by atoms with Crippen LogP contribution in [0.1, 0.15) is 20.3 Å². The Bertz CT molecular complexity index is 481. The molecule has 2 rings (SSSR count). The van der Waals surface area contributed by atoms with Gasteiger partial charge in [-0.15, -0.1) is 0 Å². The lowest BCUT2D eigenvalue weighted by molar-refractivity contribution is 0.140. The number of ether oxygens (including phenoxy) is 2. The molecular weight excluding hydrogens is 287 g/mol. The van der Waals surface area contributed by atoms with Crippen LogP contribution in [0.4, 0.5) is 9.18 Å². The molecule has 0 aromatic heterocycles. The van der Waals surface area contributed by atoms with Crippen molar-refractivity contribution in [3.8, 4) is 5.75 Å². The number of amides is 2. The number of benzene rings is 1. The van der Waals surface area contributed by atoms with E-state index < -0.39 is 0 Å². The summed E-state index contributed by atoms with van der Waals surface area (Å²) >= 11 is 0. The number of nitrogens with zero attached hydrogens (tertiary/aromatic N) is 1. The Labute approximate surface area is 130 Å². The summed E-state index contributed by atoms with van der Waals surface area (Å²) in [5.74, 6) is 0.283. The molecule has 2 amide bonds. The number of carbonyl (C=O) groups excluding carboxylic acids is 1. The third kappa shape index (κ3) is 4.87. The second-order valence-electron chi connectivity index (χ2n) is 5.56. The monoisotopic (exact) mass is 310 g/mol. The second-order valence-corrected chi connectivity index (χ2v) is 5.56. The van der Waals surface area contributed by atoms with Crippen molar-refractivity contribution < 1.29 is 18.7 Å². The highest BCUT2D eigenvalue weighted by Crippen LogP contribution is 2.12. The average Bonchev–Trinajstić information content (AvgIpc) is 2.71. The van der Waals surface area contributed by atoms with Crippen LogP contribution in [0.5, 0.6) is 5.75 Å². The third-order valence-corrected chi connectivity index (χ3v) is 3.63. The zero-order valence-corrected chi connectivity index (χ0v) is 13.0. The largest absolute Gasteiger partial charge is 0.491 e. The fourth-order valence-corrected chi connectivity index (χ4v) is 2.28. The number of nitrogens with one attached hydrogen (secondary N) is 1. The molecule has 1 N–H and O–H groups in total. The maximum absolute atomic E-state index is 12.8. The number of urea groups is 1. The highest BCUT2D eigenvalue weighted by molar-refractivity contribution is 5.74. The SMILES string of the molecule is C[C@@H]1CCOCCN1C(=O)N[C@@H](C)COc1ccc(F)cc1. The van der Waals surface area contributed by atoms with Gasteiger partial charge in [-0.3, -0.25) is 0 Å². The van der Waals surface area contributed by atoms with Crippen LogP contribution in [-0.4, -0.2) is 49.4 Å². The molecule has 1 aromatic carbocycles. The molecule has 0 saturated carbocycles. The molecule has 1 heterocycles. The first-order chi connectivity index (χ1) is 10.6. The van der Waals surface area contributed by atoms with Crippen molar-refractivity contribution in [3.63, 3.8) is 0 Å². The molecule has 0 spiro atoms. The van der Waals surface area contributed by atoms with Crippen molar-refractivity contribution in [2.45, 2.75) is 32.4 Å². The van der Waals surface area contributed by atoms with Gasteiger partial charge in [-0.2, -0.15) is 0 Å². The van der Waals surface area contributed by atoms with Crippen LogP contribution >= 0.6 is 0 Å². The molecule has 6 heteroatoms. The van der Waals surface area contributed by atoms with Gasteiger partial charge in [-0.25, -0.2) is 9.18 Å². The predicted octanol–water partition coefficient (Wildman–Crippen LogP) is 2.41. The number of hydrogen-bond donors (Lipinski definition) is 1. The van der Waals surface area contributed by atoms with Gasteiger partial charge >= 0.3 is 6.03 Å². The van der Waals surface area contributed by atoms with Crippen molar-refractivity contribution in [3.05, 3.63) is 30.1 Å². The van der Waals surface area contributed by atoms with Crippen LogP contribution in [0.25, 0.3) is 0 Å². The van der Waals surface area contributed by atoms with Gasteiger partial charge in [0.25, 0.3) is 0 Å². The highest BCUT2D eigenvalue weighted by atomic mass is 19.1. The van der Waals surface area contributed by atoms with E-state index >= 15 is 0 Å². The number of carbonyl (C=O) groups is 1. The van der Waals surface area contributed by atoms with Crippen LogP contribution in [-0.2, 0) is 4.74 Å². The Morgan fingerprint density at radius 3 is 2.91 bits per heavy atom. The lowest BCUT2D eigenvalue weighted by Gasteiger charge is -2.28. The summed E-state index contributed by atoms with van der Waals surface area (Å²) in [4.78, 5) is 14.1. The molecule has 1 aliphatic heterocycles. The van der Waals surface area contributed by atoms with E-state index in [9.17, 15) is 9.18 Å². The number of hydrogen-bond acceptors (Lipinski definition) is 3. The lowest BCUT2D eigenvalue weighted by atomic mass is 10.2. The van der Waals surface area contributed by atoms with Crippen LogP contribution in [0.3, 0.4) is 0 Å². The summed E-state index contributed by atoms with van der Waals surface area (Å²) in [7, 11) is 0. The summed E-state index contributed by atoms with van der Waals surface area (Å²) in [6, 6.07) is 5.74. The summed E-state index contributed by atoms with van der Waals surface area (Å²) in [5, 5.41) is 2.92. The topological polar surface area (TPSA) is 50.8 Å². The number of halogens is 1. The third-order valence-electron chi connectivity index (χ3n) is 3.63. The van der Waals surface area contributed by atoms with Gasteiger partial charge in [-0.1, -0.05) is 0 Å².